The SMILES string of the molecule is O=C(COc1ccccc1)OCc1nc2sc3c(c2c(=O)[nH]1)CCC3. The fourth-order valence-corrected chi connectivity index (χ4v) is 4.25. The molecular weight excluding hydrogens is 340 g/mol. The van der Waals surface area contributed by atoms with Gasteiger partial charge in [0.05, 0.1) is 5.39 Å². The van der Waals surface area contributed by atoms with Crippen LogP contribution in [0.2, 0.25) is 0 Å². The van der Waals surface area contributed by atoms with Crippen molar-refractivity contribution >= 4 is 27.5 Å². The second-order valence-corrected chi connectivity index (χ2v) is 6.90. The summed E-state index contributed by atoms with van der Waals surface area (Å²) in [5, 5.41) is 0.694. The lowest BCUT2D eigenvalue weighted by atomic mass is 10.2. The highest BCUT2D eigenvalue weighted by atomic mass is 32.1. The Labute approximate surface area is 147 Å². The van der Waals surface area contributed by atoms with Gasteiger partial charge in [-0.25, -0.2) is 9.78 Å². The number of aromatic amines is 1. The maximum Gasteiger partial charge on any atom is 0.344 e. The van der Waals surface area contributed by atoms with Gasteiger partial charge in [0.1, 0.15) is 23.0 Å². The van der Waals surface area contributed by atoms with Gasteiger partial charge in [0.25, 0.3) is 5.56 Å². The van der Waals surface area contributed by atoms with Gasteiger partial charge in [-0.1, -0.05) is 18.2 Å². The number of carbonyl (C=O) groups is 1. The van der Waals surface area contributed by atoms with Gasteiger partial charge in [0.15, 0.2) is 6.61 Å². The standard InChI is InChI=1S/C18H16N2O4S/c21-15(10-23-11-5-2-1-3-6-11)24-9-14-19-17(22)16-12-7-4-8-13(12)25-18(16)20-14/h1-3,5-6H,4,7-10H2,(H,19,20,22). The van der Waals surface area contributed by atoms with Gasteiger partial charge in [-0.2, -0.15) is 0 Å². The molecule has 0 bridgehead atoms. The molecule has 4 rings (SSSR count). The van der Waals surface area contributed by atoms with Crippen molar-refractivity contribution in [2.75, 3.05) is 6.61 Å². The molecule has 0 unspecified atom stereocenters. The maximum absolute atomic E-state index is 12.3. The van der Waals surface area contributed by atoms with Gasteiger partial charge in [0.2, 0.25) is 0 Å². The number of benzene rings is 1. The van der Waals surface area contributed by atoms with E-state index in [1.54, 1.807) is 23.5 Å². The summed E-state index contributed by atoms with van der Waals surface area (Å²) in [5.74, 6) is 0.436. The normalized spacial score (nSPS) is 13.0. The average Bonchev–Trinajstić information content (AvgIpc) is 3.19. The highest BCUT2D eigenvalue weighted by molar-refractivity contribution is 7.18. The molecular formula is C18H16N2O4S. The molecule has 2 aromatic heterocycles. The Bertz CT molecular complexity index is 978. The molecule has 0 atom stereocenters. The molecule has 0 radical (unpaired) electrons. The molecule has 0 saturated heterocycles. The van der Waals surface area contributed by atoms with Crippen molar-refractivity contribution in [2.45, 2.75) is 25.9 Å². The summed E-state index contributed by atoms with van der Waals surface area (Å²) in [6.45, 7) is -0.269. The van der Waals surface area contributed by atoms with E-state index in [9.17, 15) is 9.59 Å². The number of para-hydroxylation sites is 1. The van der Waals surface area contributed by atoms with Crippen LogP contribution in [0.5, 0.6) is 5.75 Å². The van der Waals surface area contributed by atoms with Crippen LogP contribution in [0.1, 0.15) is 22.7 Å². The van der Waals surface area contributed by atoms with Crippen LogP contribution in [0.4, 0.5) is 0 Å². The summed E-state index contributed by atoms with van der Waals surface area (Å²) >= 11 is 1.56. The Morgan fingerprint density at radius 3 is 2.92 bits per heavy atom. The molecule has 6 nitrogen and oxygen atoms in total. The van der Waals surface area contributed by atoms with Crippen LogP contribution in [-0.2, 0) is 29.0 Å². The number of hydrogen-bond donors (Lipinski definition) is 1. The second-order valence-electron chi connectivity index (χ2n) is 5.81. The van der Waals surface area contributed by atoms with E-state index in [0.717, 1.165) is 29.7 Å². The number of fused-ring (bicyclic) bond motifs is 3. The second kappa shape index (κ2) is 6.68. The van der Waals surface area contributed by atoms with Gasteiger partial charge in [-0.05, 0) is 37.0 Å². The number of thiophene rings is 1. The summed E-state index contributed by atoms with van der Waals surface area (Å²) in [5.41, 5.74) is 0.976. The number of esters is 1. The lowest BCUT2D eigenvalue weighted by Gasteiger charge is -2.06. The topological polar surface area (TPSA) is 81.3 Å². The van der Waals surface area contributed by atoms with E-state index in [2.05, 4.69) is 9.97 Å². The van der Waals surface area contributed by atoms with Crippen LogP contribution in [0, 0.1) is 0 Å². The van der Waals surface area contributed by atoms with E-state index in [1.807, 2.05) is 18.2 Å². The molecule has 1 aromatic carbocycles. The minimum absolute atomic E-state index is 0.0786. The van der Waals surface area contributed by atoms with Crippen molar-refractivity contribution in [1.82, 2.24) is 9.97 Å². The number of carbonyl (C=O) groups excluding carboxylic acids is 1. The van der Waals surface area contributed by atoms with Crippen molar-refractivity contribution in [3.8, 4) is 5.75 Å². The van der Waals surface area contributed by atoms with Crippen LogP contribution in [-0.4, -0.2) is 22.5 Å². The smallest absolute Gasteiger partial charge is 0.344 e. The van der Waals surface area contributed by atoms with E-state index in [4.69, 9.17) is 9.47 Å². The largest absolute Gasteiger partial charge is 0.482 e. The number of aromatic nitrogens is 2. The van der Waals surface area contributed by atoms with Gasteiger partial charge in [-0.15, -0.1) is 11.3 Å². The number of H-pyrrole nitrogens is 1. The minimum atomic E-state index is -0.514. The Balaban J connectivity index is 1.41. The number of hydrogen-bond acceptors (Lipinski definition) is 6. The van der Waals surface area contributed by atoms with Crippen LogP contribution >= 0.6 is 11.3 Å². The third-order valence-electron chi connectivity index (χ3n) is 4.09. The zero-order chi connectivity index (χ0) is 17.2. The fraction of sp³-hybridized carbons (Fsp3) is 0.278. The summed E-state index contributed by atoms with van der Waals surface area (Å²) in [6, 6.07) is 9.03. The molecule has 3 aromatic rings. The molecule has 7 heteroatoms. The Morgan fingerprint density at radius 2 is 2.08 bits per heavy atom. The molecule has 25 heavy (non-hydrogen) atoms. The number of aryl methyl sites for hydroxylation is 2. The highest BCUT2D eigenvalue weighted by Gasteiger charge is 2.21. The summed E-state index contributed by atoms with van der Waals surface area (Å²) in [6.07, 6.45) is 3.04. The average molecular weight is 356 g/mol. The lowest BCUT2D eigenvalue weighted by molar-refractivity contribution is -0.147. The third kappa shape index (κ3) is 3.28. The van der Waals surface area contributed by atoms with E-state index in [-0.39, 0.29) is 18.8 Å². The number of rotatable bonds is 5. The molecule has 0 saturated carbocycles. The quantitative estimate of drug-likeness (QED) is 0.711. The van der Waals surface area contributed by atoms with Crippen LogP contribution < -0.4 is 10.3 Å². The van der Waals surface area contributed by atoms with Gasteiger partial charge >= 0.3 is 5.97 Å². The molecule has 2 heterocycles. The van der Waals surface area contributed by atoms with E-state index in [1.165, 1.54) is 4.88 Å². The third-order valence-corrected chi connectivity index (χ3v) is 5.28. The number of nitrogens with zero attached hydrogens (tertiary/aromatic N) is 1. The first-order valence-corrected chi connectivity index (χ1v) is 8.89. The molecule has 1 aliphatic rings. The zero-order valence-electron chi connectivity index (χ0n) is 13.4. The van der Waals surface area contributed by atoms with E-state index in [0.29, 0.717) is 17.0 Å². The molecule has 128 valence electrons. The fourth-order valence-electron chi connectivity index (χ4n) is 2.96. The lowest BCUT2D eigenvalue weighted by Crippen LogP contribution is -2.18. The van der Waals surface area contributed by atoms with Gasteiger partial charge < -0.3 is 14.5 Å². The molecule has 0 spiro atoms. The first-order chi connectivity index (χ1) is 12.2. The van der Waals surface area contributed by atoms with Crippen molar-refractivity contribution in [1.29, 1.82) is 0 Å². The molecule has 0 aliphatic heterocycles. The predicted octanol–water partition coefficient (Wildman–Crippen LogP) is 2.60. The molecule has 1 aliphatic carbocycles. The van der Waals surface area contributed by atoms with Gasteiger partial charge in [0, 0.05) is 4.88 Å². The Morgan fingerprint density at radius 1 is 1.24 bits per heavy atom. The predicted molar refractivity (Wildman–Crippen MR) is 94.0 cm³/mol. The summed E-state index contributed by atoms with van der Waals surface area (Å²) < 4.78 is 10.5. The minimum Gasteiger partial charge on any atom is -0.482 e. The van der Waals surface area contributed by atoms with E-state index >= 15 is 0 Å². The van der Waals surface area contributed by atoms with Crippen LogP contribution in [0.15, 0.2) is 35.1 Å². The molecule has 0 fully saturated rings. The Kier molecular flexibility index (Phi) is 4.23. The molecule has 1 N–H and O–H groups in total. The van der Waals surface area contributed by atoms with Crippen LogP contribution in [0.25, 0.3) is 10.2 Å². The summed E-state index contributed by atoms with van der Waals surface area (Å²) in [4.78, 5) is 33.2. The Hall–Kier alpha value is -2.67. The van der Waals surface area contributed by atoms with Crippen molar-refractivity contribution in [2.24, 2.45) is 0 Å². The maximum atomic E-state index is 12.3. The van der Waals surface area contributed by atoms with Crippen LogP contribution in [0.3, 0.4) is 0 Å². The van der Waals surface area contributed by atoms with Crippen molar-refractivity contribution in [3.05, 3.63) is 57.0 Å². The first-order valence-electron chi connectivity index (χ1n) is 8.07. The molecule has 0 amide bonds. The summed E-state index contributed by atoms with van der Waals surface area (Å²) in [7, 11) is 0. The monoisotopic (exact) mass is 356 g/mol. The van der Waals surface area contributed by atoms with Gasteiger partial charge in [-0.3, -0.25) is 4.79 Å². The zero-order valence-corrected chi connectivity index (χ0v) is 14.2. The van der Waals surface area contributed by atoms with Crippen molar-refractivity contribution < 1.29 is 14.3 Å². The number of ether oxygens (including phenoxy) is 2. The highest BCUT2D eigenvalue weighted by Crippen LogP contribution is 2.34. The van der Waals surface area contributed by atoms with E-state index < -0.39 is 5.97 Å². The number of nitrogens with one attached hydrogen (secondary N) is 1. The first kappa shape index (κ1) is 15.8. The van der Waals surface area contributed by atoms with Crippen molar-refractivity contribution in [3.63, 3.8) is 0 Å².